The van der Waals surface area contributed by atoms with E-state index in [0.717, 1.165) is 48.7 Å². The third-order valence-corrected chi connectivity index (χ3v) is 4.74. The molecule has 0 bridgehead atoms. The van der Waals surface area contributed by atoms with Crippen molar-refractivity contribution in [2.45, 2.75) is 19.0 Å². The minimum Gasteiger partial charge on any atom is -0.354 e. The molecule has 2 heterocycles. The van der Waals surface area contributed by atoms with Crippen LogP contribution in [0.2, 0.25) is 0 Å². The van der Waals surface area contributed by atoms with Crippen LogP contribution in [-0.4, -0.2) is 54.4 Å². The van der Waals surface area contributed by atoms with Gasteiger partial charge < -0.3 is 15.1 Å². The average molecular weight is 344 g/mol. The third-order valence-electron chi connectivity index (χ3n) is 4.20. The van der Waals surface area contributed by atoms with Crippen LogP contribution < -0.4 is 10.2 Å². The van der Waals surface area contributed by atoms with Crippen LogP contribution in [0.4, 0.5) is 17.3 Å². The van der Waals surface area contributed by atoms with Crippen LogP contribution in [0.3, 0.4) is 0 Å². The molecule has 0 unspecified atom stereocenters. The molecule has 0 radical (unpaired) electrons. The highest BCUT2D eigenvalue weighted by Crippen LogP contribution is 2.24. The average Bonchev–Trinajstić information content (AvgIpc) is 2.54. The quantitative estimate of drug-likeness (QED) is 0.679. The molecule has 5 nitrogen and oxygen atoms in total. The van der Waals surface area contributed by atoms with E-state index >= 15 is 0 Å². The molecule has 6 heteroatoms. The van der Waals surface area contributed by atoms with Crippen molar-refractivity contribution >= 4 is 29.1 Å². The number of nitrogens with one attached hydrogen (secondary N) is 1. The van der Waals surface area contributed by atoms with Gasteiger partial charge in [-0.05, 0) is 50.4 Å². The molecule has 128 valence electrons. The predicted octanol–water partition coefficient (Wildman–Crippen LogP) is 3.31. The molecule has 1 aromatic heterocycles. The van der Waals surface area contributed by atoms with Crippen molar-refractivity contribution in [3.63, 3.8) is 0 Å². The molecule has 24 heavy (non-hydrogen) atoms. The van der Waals surface area contributed by atoms with Crippen LogP contribution in [0, 0.1) is 13.8 Å². The Kier molecular flexibility index (Phi) is 5.26. The molecule has 3 rings (SSSR count). The summed E-state index contributed by atoms with van der Waals surface area (Å²) in [5, 5.41) is 4.25. The summed E-state index contributed by atoms with van der Waals surface area (Å²) in [7, 11) is 2.16. The van der Waals surface area contributed by atoms with Gasteiger partial charge in [0, 0.05) is 37.9 Å². The maximum absolute atomic E-state index is 4.70. The summed E-state index contributed by atoms with van der Waals surface area (Å²) in [6, 6.07) is 8.52. The van der Waals surface area contributed by atoms with Crippen LogP contribution >= 0.6 is 11.8 Å². The zero-order chi connectivity index (χ0) is 17.1. The lowest BCUT2D eigenvalue weighted by Crippen LogP contribution is -2.44. The van der Waals surface area contributed by atoms with Gasteiger partial charge in [0.05, 0.1) is 0 Å². The van der Waals surface area contributed by atoms with E-state index in [1.165, 1.54) is 11.1 Å². The number of nitrogens with zero attached hydrogens (tertiary/aromatic N) is 4. The van der Waals surface area contributed by atoms with Crippen molar-refractivity contribution in [3.05, 3.63) is 35.4 Å². The van der Waals surface area contributed by atoms with Crippen molar-refractivity contribution in [3.8, 4) is 0 Å². The maximum Gasteiger partial charge on any atom is 0.191 e. The Bertz CT molecular complexity index is 690. The number of hydrogen-bond acceptors (Lipinski definition) is 6. The fourth-order valence-electron chi connectivity index (χ4n) is 2.96. The Balaban J connectivity index is 1.86. The molecule has 1 fully saturated rings. The fourth-order valence-corrected chi connectivity index (χ4v) is 3.33. The molecule has 1 aliphatic rings. The van der Waals surface area contributed by atoms with Gasteiger partial charge in [-0.3, -0.25) is 0 Å². The van der Waals surface area contributed by atoms with Crippen LogP contribution in [0.25, 0.3) is 0 Å². The van der Waals surface area contributed by atoms with Crippen molar-refractivity contribution in [2.75, 3.05) is 49.7 Å². The second-order valence-corrected chi connectivity index (χ2v) is 7.16. The molecule has 0 aliphatic carbocycles. The second-order valence-electron chi connectivity index (χ2n) is 6.39. The molecule has 2 aromatic rings. The number of rotatable bonds is 4. The highest BCUT2D eigenvalue weighted by atomic mass is 32.2. The molecule has 1 aromatic carbocycles. The van der Waals surface area contributed by atoms with E-state index in [1.54, 1.807) is 11.8 Å². The first-order chi connectivity index (χ1) is 11.5. The Labute approximate surface area is 148 Å². The van der Waals surface area contributed by atoms with Gasteiger partial charge in [0.1, 0.15) is 11.6 Å². The summed E-state index contributed by atoms with van der Waals surface area (Å²) >= 11 is 1.58. The van der Waals surface area contributed by atoms with Crippen LogP contribution in [-0.2, 0) is 0 Å². The molecular weight excluding hydrogens is 318 g/mol. The number of likely N-dealkylation sites (N-methyl/N-ethyl adjacent to an activating group) is 1. The molecule has 1 N–H and O–H groups in total. The number of anilines is 3. The molecule has 1 aliphatic heterocycles. The molecular formula is C18H25N5S. The number of aryl methyl sites for hydroxylation is 2. The zero-order valence-electron chi connectivity index (χ0n) is 14.8. The van der Waals surface area contributed by atoms with E-state index in [4.69, 9.17) is 4.98 Å². The Morgan fingerprint density at radius 2 is 1.62 bits per heavy atom. The minimum atomic E-state index is 0.804. The zero-order valence-corrected chi connectivity index (χ0v) is 15.7. The Morgan fingerprint density at radius 1 is 0.958 bits per heavy atom. The largest absolute Gasteiger partial charge is 0.354 e. The monoisotopic (exact) mass is 343 g/mol. The highest BCUT2D eigenvalue weighted by molar-refractivity contribution is 7.98. The highest BCUT2D eigenvalue weighted by Gasteiger charge is 2.17. The lowest BCUT2D eigenvalue weighted by Gasteiger charge is -2.33. The lowest BCUT2D eigenvalue weighted by molar-refractivity contribution is 0.312. The Hall–Kier alpha value is -1.79. The Morgan fingerprint density at radius 3 is 2.25 bits per heavy atom. The third kappa shape index (κ3) is 4.19. The second kappa shape index (κ2) is 7.40. The lowest BCUT2D eigenvalue weighted by atomic mass is 10.1. The van der Waals surface area contributed by atoms with Gasteiger partial charge >= 0.3 is 0 Å². The van der Waals surface area contributed by atoms with Crippen molar-refractivity contribution in [1.82, 2.24) is 14.9 Å². The topological polar surface area (TPSA) is 44.3 Å². The first-order valence-corrected chi connectivity index (χ1v) is 9.48. The minimum absolute atomic E-state index is 0.804. The number of thioether (sulfide) groups is 1. The van der Waals surface area contributed by atoms with Gasteiger partial charge in [0.2, 0.25) is 0 Å². The number of hydrogen-bond donors (Lipinski definition) is 1. The van der Waals surface area contributed by atoms with Gasteiger partial charge in [-0.15, -0.1) is 0 Å². The van der Waals surface area contributed by atoms with Gasteiger partial charge in [-0.1, -0.05) is 17.8 Å². The fraction of sp³-hybridized carbons (Fsp3) is 0.444. The number of benzene rings is 1. The SMILES string of the molecule is CSc1nc(Nc2cc(C)cc(C)c2)cc(N2CCN(C)CC2)n1. The summed E-state index contributed by atoms with van der Waals surface area (Å²) < 4.78 is 0. The van der Waals surface area contributed by atoms with E-state index in [1.807, 2.05) is 6.26 Å². The summed E-state index contributed by atoms with van der Waals surface area (Å²) in [4.78, 5) is 14.0. The van der Waals surface area contributed by atoms with Crippen molar-refractivity contribution in [2.24, 2.45) is 0 Å². The van der Waals surface area contributed by atoms with E-state index in [9.17, 15) is 0 Å². The van der Waals surface area contributed by atoms with Crippen LogP contribution in [0.5, 0.6) is 0 Å². The van der Waals surface area contributed by atoms with Crippen LogP contribution in [0.1, 0.15) is 11.1 Å². The van der Waals surface area contributed by atoms with E-state index in [2.05, 4.69) is 65.3 Å². The van der Waals surface area contributed by atoms with Crippen molar-refractivity contribution < 1.29 is 0 Å². The number of piperazine rings is 1. The number of aromatic nitrogens is 2. The normalized spacial score (nSPS) is 15.6. The predicted molar refractivity (Wildman–Crippen MR) is 103 cm³/mol. The van der Waals surface area contributed by atoms with Gasteiger partial charge in [-0.25, -0.2) is 9.97 Å². The summed E-state index contributed by atoms with van der Waals surface area (Å²) in [6.07, 6.45) is 2.02. The summed E-state index contributed by atoms with van der Waals surface area (Å²) in [5.41, 5.74) is 3.56. The molecule has 0 amide bonds. The molecule has 0 spiro atoms. The van der Waals surface area contributed by atoms with Gasteiger partial charge in [0.15, 0.2) is 5.16 Å². The maximum atomic E-state index is 4.70. The first-order valence-electron chi connectivity index (χ1n) is 8.25. The van der Waals surface area contributed by atoms with Gasteiger partial charge in [-0.2, -0.15) is 0 Å². The van der Waals surface area contributed by atoms with Crippen molar-refractivity contribution in [1.29, 1.82) is 0 Å². The smallest absolute Gasteiger partial charge is 0.191 e. The van der Waals surface area contributed by atoms with Gasteiger partial charge in [0.25, 0.3) is 0 Å². The molecule has 1 saturated heterocycles. The molecule has 0 atom stereocenters. The molecule has 0 saturated carbocycles. The summed E-state index contributed by atoms with van der Waals surface area (Å²) in [5.74, 6) is 1.86. The van der Waals surface area contributed by atoms with E-state index < -0.39 is 0 Å². The standard InChI is InChI=1S/C18H25N5S/c1-13-9-14(2)11-15(10-13)19-16-12-17(21-18(20-16)24-4)23-7-5-22(3)6-8-23/h9-12H,5-8H2,1-4H3,(H,19,20,21). The summed E-state index contributed by atoms with van der Waals surface area (Å²) in [6.45, 7) is 8.37. The van der Waals surface area contributed by atoms with Crippen LogP contribution in [0.15, 0.2) is 29.4 Å². The first kappa shape index (κ1) is 17.0. The van der Waals surface area contributed by atoms with E-state index in [-0.39, 0.29) is 0 Å². The van der Waals surface area contributed by atoms with E-state index in [0.29, 0.717) is 0 Å².